The van der Waals surface area contributed by atoms with Crippen LogP contribution in [0.4, 0.5) is 9.18 Å². The van der Waals surface area contributed by atoms with E-state index < -0.39 is 0 Å². The molecule has 1 aromatic rings. The third kappa shape index (κ3) is 4.99. The molecule has 21 heavy (non-hydrogen) atoms. The van der Waals surface area contributed by atoms with Crippen LogP contribution >= 0.6 is 0 Å². The summed E-state index contributed by atoms with van der Waals surface area (Å²) in [5.41, 5.74) is 0.698. The van der Waals surface area contributed by atoms with Crippen LogP contribution in [-0.4, -0.2) is 38.9 Å². The molecular weight excluding hydrogens is 275 g/mol. The molecule has 1 unspecified atom stereocenters. The van der Waals surface area contributed by atoms with Crippen LogP contribution in [0.15, 0.2) is 24.3 Å². The van der Waals surface area contributed by atoms with E-state index in [9.17, 15) is 9.18 Å². The highest BCUT2D eigenvalue weighted by molar-refractivity contribution is 5.74. The summed E-state index contributed by atoms with van der Waals surface area (Å²) in [5, 5.41) is 5.66. The molecule has 1 heterocycles. The Balaban J connectivity index is 1.80. The molecule has 0 spiro atoms. The summed E-state index contributed by atoms with van der Waals surface area (Å²) in [4.78, 5) is 11.8. The molecule has 1 aromatic carbocycles. The van der Waals surface area contributed by atoms with Crippen molar-refractivity contribution in [2.24, 2.45) is 0 Å². The molecule has 1 aliphatic rings. The van der Waals surface area contributed by atoms with Crippen LogP contribution in [0.2, 0.25) is 0 Å². The Morgan fingerprint density at radius 2 is 2.24 bits per heavy atom. The molecular formula is C15H21FN2O3. The second kappa shape index (κ2) is 7.95. The van der Waals surface area contributed by atoms with Gasteiger partial charge in [-0.3, -0.25) is 0 Å². The predicted molar refractivity (Wildman–Crippen MR) is 76.5 cm³/mol. The fourth-order valence-corrected chi connectivity index (χ4v) is 2.31. The summed E-state index contributed by atoms with van der Waals surface area (Å²) in [6.07, 6.45) is 1.27. The van der Waals surface area contributed by atoms with Gasteiger partial charge in [0.2, 0.25) is 0 Å². The Morgan fingerprint density at radius 3 is 2.90 bits per heavy atom. The molecule has 116 valence electrons. The Labute approximate surface area is 123 Å². The number of rotatable bonds is 5. The van der Waals surface area contributed by atoms with Crippen LogP contribution < -0.4 is 10.6 Å². The topological polar surface area (TPSA) is 59.6 Å². The Morgan fingerprint density at radius 1 is 1.48 bits per heavy atom. The highest BCUT2D eigenvalue weighted by Gasteiger charge is 2.17. The molecule has 0 bridgehead atoms. The summed E-state index contributed by atoms with van der Waals surface area (Å²) < 4.78 is 23.7. The van der Waals surface area contributed by atoms with Crippen LogP contribution in [0.25, 0.3) is 0 Å². The molecule has 2 rings (SSSR count). The summed E-state index contributed by atoms with van der Waals surface area (Å²) in [6, 6.07) is 6.09. The average Bonchev–Trinajstić information content (AvgIpc) is 2.49. The largest absolute Gasteiger partial charge is 0.381 e. The van der Waals surface area contributed by atoms with Gasteiger partial charge in [0, 0.05) is 32.9 Å². The molecule has 1 aliphatic heterocycles. The minimum atomic E-state index is -0.374. The second-order valence-corrected chi connectivity index (χ2v) is 5.02. The van der Waals surface area contributed by atoms with Gasteiger partial charge in [0.25, 0.3) is 0 Å². The van der Waals surface area contributed by atoms with Gasteiger partial charge in [0.1, 0.15) is 5.82 Å². The lowest BCUT2D eigenvalue weighted by molar-refractivity contribution is 0.0790. The Kier molecular flexibility index (Phi) is 5.95. The van der Waals surface area contributed by atoms with E-state index in [0.717, 1.165) is 12.8 Å². The third-order valence-corrected chi connectivity index (χ3v) is 3.51. The first-order chi connectivity index (χ1) is 10.2. The molecule has 2 N–H and O–H groups in total. The number of hydrogen-bond donors (Lipinski definition) is 2. The molecule has 1 atom stereocenters. The lowest BCUT2D eigenvalue weighted by Crippen LogP contribution is -2.45. The quantitative estimate of drug-likeness (QED) is 0.873. The van der Waals surface area contributed by atoms with Gasteiger partial charge in [-0.15, -0.1) is 0 Å². The van der Waals surface area contributed by atoms with E-state index in [2.05, 4.69) is 10.6 Å². The van der Waals surface area contributed by atoms with Crippen molar-refractivity contribution in [3.05, 3.63) is 35.6 Å². The van der Waals surface area contributed by atoms with E-state index in [4.69, 9.17) is 9.47 Å². The molecule has 6 heteroatoms. The van der Waals surface area contributed by atoms with Crippen molar-refractivity contribution < 1.29 is 18.7 Å². The van der Waals surface area contributed by atoms with E-state index >= 15 is 0 Å². The Hall–Kier alpha value is -1.66. The zero-order chi connectivity index (χ0) is 15.1. The third-order valence-electron chi connectivity index (χ3n) is 3.51. The number of nitrogens with one attached hydrogen (secondary N) is 2. The smallest absolute Gasteiger partial charge is 0.315 e. The highest BCUT2D eigenvalue weighted by atomic mass is 19.1. The van der Waals surface area contributed by atoms with Gasteiger partial charge in [0.15, 0.2) is 0 Å². The zero-order valence-electron chi connectivity index (χ0n) is 12.1. The van der Waals surface area contributed by atoms with Gasteiger partial charge in [-0.2, -0.15) is 0 Å². The predicted octanol–water partition coefficient (Wildman–Crippen LogP) is 1.99. The Bertz CT molecular complexity index is 464. The molecule has 0 saturated carbocycles. The normalized spacial score (nSPS) is 17.2. The van der Waals surface area contributed by atoms with Gasteiger partial charge in [-0.05, 0) is 30.5 Å². The zero-order valence-corrected chi connectivity index (χ0v) is 12.1. The van der Waals surface area contributed by atoms with Crippen molar-refractivity contribution >= 4 is 6.03 Å². The standard InChI is InChI=1S/C15H21FN2O3/c1-20-14(11-3-2-4-12(16)9-11)10-17-15(19)18-13-5-7-21-8-6-13/h2-4,9,13-14H,5-8,10H2,1H3,(H2,17,18,19). The molecule has 1 fully saturated rings. The van der Waals surface area contributed by atoms with Crippen LogP contribution in [-0.2, 0) is 9.47 Å². The van der Waals surface area contributed by atoms with Gasteiger partial charge < -0.3 is 20.1 Å². The van der Waals surface area contributed by atoms with Crippen molar-refractivity contribution in [3.8, 4) is 0 Å². The van der Waals surface area contributed by atoms with Gasteiger partial charge in [-0.1, -0.05) is 12.1 Å². The summed E-state index contributed by atoms with van der Waals surface area (Å²) in [6.45, 7) is 1.64. The molecule has 2 amide bonds. The number of carbonyl (C=O) groups excluding carboxylic acids is 1. The van der Waals surface area contributed by atoms with E-state index in [1.807, 2.05) is 0 Å². The summed E-state index contributed by atoms with van der Waals surface area (Å²) in [5.74, 6) is -0.318. The number of amides is 2. The van der Waals surface area contributed by atoms with Gasteiger partial charge in [-0.25, -0.2) is 9.18 Å². The lowest BCUT2D eigenvalue weighted by Gasteiger charge is -2.24. The maximum atomic E-state index is 13.2. The van der Waals surface area contributed by atoms with E-state index in [0.29, 0.717) is 18.8 Å². The molecule has 0 radical (unpaired) electrons. The molecule has 0 aromatic heterocycles. The van der Waals surface area contributed by atoms with E-state index in [1.165, 1.54) is 19.2 Å². The van der Waals surface area contributed by atoms with Crippen molar-refractivity contribution in [1.82, 2.24) is 10.6 Å². The number of hydrogen-bond acceptors (Lipinski definition) is 3. The fraction of sp³-hybridized carbons (Fsp3) is 0.533. The first-order valence-electron chi connectivity index (χ1n) is 7.09. The average molecular weight is 296 g/mol. The number of benzene rings is 1. The fourth-order valence-electron chi connectivity index (χ4n) is 2.31. The minimum absolute atomic E-state index is 0.147. The number of carbonyl (C=O) groups is 1. The second-order valence-electron chi connectivity index (χ2n) is 5.02. The van der Waals surface area contributed by atoms with Crippen molar-refractivity contribution in [3.63, 3.8) is 0 Å². The summed E-state index contributed by atoms with van der Waals surface area (Å²) in [7, 11) is 1.54. The SMILES string of the molecule is COC(CNC(=O)NC1CCOCC1)c1cccc(F)c1. The van der Waals surface area contributed by atoms with Crippen molar-refractivity contribution in [2.45, 2.75) is 25.0 Å². The highest BCUT2D eigenvalue weighted by Crippen LogP contribution is 2.16. The van der Waals surface area contributed by atoms with Crippen LogP contribution in [0.5, 0.6) is 0 Å². The molecule has 5 nitrogen and oxygen atoms in total. The van der Waals surface area contributed by atoms with Crippen molar-refractivity contribution in [1.29, 1.82) is 0 Å². The monoisotopic (exact) mass is 296 g/mol. The maximum absolute atomic E-state index is 13.2. The number of urea groups is 1. The van der Waals surface area contributed by atoms with Crippen LogP contribution in [0, 0.1) is 5.82 Å². The first-order valence-corrected chi connectivity index (χ1v) is 7.09. The summed E-state index contributed by atoms with van der Waals surface area (Å²) >= 11 is 0. The first kappa shape index (κ1) is 15.7. The number of ether oxygens (including phenoxy) is 2. The van der Waals surface area contributed by atoms with E-state index in [1.54, 1.807) is 12.1 Å². The maximum Gasteiger partial charge on any atom is 0.315 e. The molecule has 0 aliphatic carbocycles. The number of methoxy groups -OCH3 is 1. The lowest BCUT2D eigenvalue weighted by atomic mass is 10.1. The molecule has 1 saturated heterocycles. The van der Waals surface area contributed by atoms with Crippen molar-refractivity contribution in [2.75, 3.05) is 26.9 Å². The van der Waals surface area contributed by atoms with Gasteiger partial charge >= 0.3 is 6.03 Å². The van der Waals surface area contributed by atoms with Gasteiger partial charge in [0.05, 0.1) is 6.10 Å². The van der Waals surface area contributed by atoms with Crippen LogP contribution in [0.3, 0.4) is 0 Å². The number of halogens is 1. The van der Waals surface area contributed by atoms with Crippen LogP contribution in [0.1, 0.15) is 24.5 Å². The minimum Gasteiger partial charge on any atom is -0.381 e. The van der Waals surface area contributed by atoms with E-state index in [-0.39, 0.29) is 30.5 Å².